The third-order valence-corrected chi connectivity index (χ3v) is 10.2. The van der Waals surface area contributed by atoms with Crippen LogP contribution in [-0.4, -0.2) is 55.2 Å². The molecule has 0 bridgehead atoms. The van der Waals surface area contributed by atoms with Gasteiger partial charge in [-0.2, -0.15) is 26.3 Å². The maximum atomic E-state index is 13.3. The molecule has 1 saturated carbocycles. The van der Waals surface area contributed by atoms with Gasteiger partial charge in [0.05, 0.1) is 21.2 Å². The van der Waals surface area contributed by atoms with Crippen molar-refractivity contribution in [2.45, 2.75) is 86.8 Å². The fourth-order valence-electron chi connectivity index (χ4n) is 5.06. The fraction of sp³-hybridized carbons (Fsp3) is 0.680. The van der Waals surface area contributed by atoms with Crippen molar-refractivity contribution in [1.29, 1.82) is 0 Å². The Morgan fingerprint density at radius 2 is 1.49 bits per heavy atom. The summed E-state index contributed by atoms with van der Waals surface area (Å²) in [5.74, 6) is -3.16. The highest BCUT2D eigenvalue weighted by molar-refractivity contribution is 7.92. The van der Waals surface area contributed by atoms with Crippen molar-refractivity contribution >= 4 is 21.7 Å². The molecule has 0 radical (unpaired) electrons. The second-order valence-electron chi connectivity index (χ2n) is 10.4. The first-order chi connectivity index (χ1) is 17.8. The quantitative estimate of drug-likeness (QED) is 0.525. The van der Waals surface area contributed by atoms with Crippen molar-refractivity contribution < 1.29 is 49.5 Å². The van der Waals surface area contributed by atoms with E-state index in [0.29, 0.717) is 32.0 Å². The molecule has 1 aliphatic heterocycles. The number of hydrogen-bond acceptors (Lipinski definition) is 6. The van der Waals surface area contributed by atoms with Crippen molar-refractivity contribution in [2.75, 3.05) is 13.1 Å². The van der Waals surface area contributed by atoms with Crippen molar-refractivity contribution in [3.05, 3.63) is 29.8 Å². The molecule has 0 aromatic heterocycles. The van der Waals surface area contributed by atoms with E-state index < -0.39 is 44.5 Å². The highest BCUT2D eigenvalue weighted by Gasteiger charge is 2.45. The molecule has 222 valence electrons. The van der Waals surface area contributed by atoms with Crippen LogP contribution in [0, 0.1) is 11.8 Å². The van der Waals surface area contributed by atoms with Crippen molar-refractivity contribution in [3.8, 4) is 0 Å². The zero-order chi connectivity index (χ0) is 29.8. The zero-order valence-corrected chi connectivity index (χ0v) is 22.5. The Labute approximate surface area is 223 Å². The van der Waals surface area contributed by atoms with Gasteiger partial charge in [0.2, 0.25) is 5.91 Å². The van der Waals surface area contributed by atoms with Gasteiger partial charge in [-0.25, -0.2) is 8.42 Å². The Bertz CT molecular complexity index is 1110. The molecule has 39 heavy (non-hydrogen) atoms. The van der Waals surface area contributed by atoms with Gasteiger partial charge in [0, 0.05) is 13.1 Å². The third kappa shape index (κ3) is 8.09. The van der Waals surface area contributed by atoms with Crippen LogP contribution in [-0.2, 0) is 25.6 Å². The second-order valence-corrected chi connectivity index (χ2v) is 13.0. The summed E-state index contributed by atoms with van der Waals surface area (Å²) >= 11 is 0. The van der Waals surface area contributed by atoms with Crippen molar-refractivity contribution in [3.63, 3.8) is 0 Å². The molecule has 2 fully saturated rings. The number of carbonyl (C=O) groups excluding carboxylic acids is 2. The predicted octanol–water partition coefficient (Wildman–Crippen LogP) is 3.70. The SMILES string of the molecule is CC(C)(C1CCN(C(=O)C(N)C2CCCCC2)CC1)S(=O)(=O)c1cccc(C(F)(F)F)c1.O=C([O-])C(F)(F)F. The molecule has 1 aliphatic carbocycles. The average Bonchev–Trinajstić information content (AvgIpc) is 2.87. The molecular formula is C25H33F6N2O5S-. The maximum absolute atomic E-state index is 13.3. The number of carboxylic acid groups (broad SMARTS) is 1. The summed E-state index contributed by atoms with van der Waals surface area (Å²) in [4.78, 5) is 23.1. The number of nitrogens with zero attached hydrogens (tertiary/aromatic N) is 1. The minimum atomic E-state index is -5.19. The first kappa shape index (κ1) is 32.9. The molecule has 1 unspecified atom stereocenters. The number of amides is 1. The normalized spacial score (nSPS) is 19.2. The molecule has 1 aromatic rings. The number of carboxylic acids is 1. The fourth-order valence-corrected chi connectivity index (χ4v) is 6.89. The Morgan fingerprint density at radius 3 is 1.95 bits per heavy atom. The number of sulfone groups is 1. The number of aliphatic carboxylic acids is 1. The van der Waals surface area contributed by atoms with Gasteiger partial charge in [-0.15, -0.1) is 0 Å². The second kappa shape index (κ2) is 12.4. The molecule has 2 aliphatic rings. The molecule has 1 heterocycles. The summed E-state index contributed by atoms with van der Waals surface area (Å²) in [6, 6.07) is 3.40. The summed E-state index contributed by atoms with van der Waals surface area (Å²) < 4.78 is 96.1. The molecule has 3 rings (SSSR count). The summed E-state index contributed by atoms with van der Waals surface area (Å²) in [5.41, 5.74) is 5.28. The average molecular weight is 588 g/mol. The predicted molar refractivity (Wildman–Crippen MR) is 128 cm³/mol. The number of nitrogens with two attached hydrogens (primary N) is 1. The maximum Gasteiger partial charge on any atom is 0.430 e. The summed E-state index contributed by atoms with van der Waals surface area (Å²) in [6.07, 6.45) is -3.58. The highest BCUT2D eigenvalue weighted by Crippen LogP contribution is 2.40. The first-order valence-corrected chi connectivity index (χ1v) is 14.0. The van der Waals surface area contributed by atoms with Crippen LogP contribution >= 0.6 is 0 Å². The number of carbonyl (C=O) groups is 2. The van der Waals surface area contributed by atoms with E-state index in [1.165, 1.54) is 12.5 Å². The van der Waals surface area contributed by atoms with Gasteiger partial charge in [-0.1, -0.05) is 25.3 Å². The van der Waals surface area contributed by atoms with Crippen molar-refractivity contribution in [1.82, 2.24) is 4.90 Å². The molecule has 1 aromatic carbocycles. The topological polar surface area (TPSA) is 121 Å². The lowest BCUT2D eigenvalue weighted by Gasteiger charge is -2.41. The van der Waals surface area contributed by atoms with E-state index in [0.717, 1.165) is 37.8 Å². The number of rotatable bonds is 5. The van der Waals surface area contributed by atoms with Gasteiger partial charge in [0.25, 0.3) is 0 Å². The number of alkyl halides is 6. The van der Waals surface area contributed by atoms with Crippen molar-refractivity contribution in [2.24, 2.45) is 17.6 Å². The van der Waals surface area contributed by atoms with Crippen LogP contribution in [0.1, 0.15) is 64.4 Å². The minimum absolute atomic E-state index is 0.0751. The molecule has 7 nitrogen and oxygen atoms in total. The molecule has 1 amide bonds. The van der Waals surface area contributed by atoms with E-state index in [1.807, 2.05) is 0 Å². The van der Waals surface area contributed by atoms with Crippen LogP contribution in [0.3, 0.4) is 0 Å². The molecule has 1 atom stereocenters. The van der Waals surface area contributed by atoms with Crippen LogP contribution in [0.15, 0.2) is 29.2 Å². The Kier molecular flexibility index (Phi) is 10.5. The summed E-state index contributed by atoms with van der Waals surface area (Å²) in [6.45, 7) is 3.95. The van der Waals surface area contributed by atoms with E-state index in [1.54, 1.807) is 18.7 Å². The molecule has 0 spiro atoms. The third-order valence-electron chi connectivity index (χ3n) is 7.63. The van der Waals surface area contributed by atoms with Gasteiger partial charge < -0.3 is 20.5 Å². The number of piperidine rings is 1. The molecule has 2 N–H and O–H groups in total. The molecule has 14 heteroatoms. The van der Waals surface area contributed by atoms with Crippen LogP contribution in [0.25, 0.3) is 0 Å². The van der Waals surface area contributed by atoms with E-state index in [4.69, 9.17) is 15.6 Å². The Hall–Kier alpha value is -2.35. The van der Waals surface area contributed by atoms with E-state index in [2.05, 4.69) is 0 Å². The first-order valence-electron chi connectivity index (χ1n) is 12.5. The van der Waals surface area contributed by atoms with Gasteiger partial charge >= 0.3 is 12.4 Å². The van der Waals surface area contributed by atoms with E-state index in [-0.39, 0.29) is 22.6 Å². The molecule has 1 saturated heterocycles. The van der Waals surface area contributed by atoms with Gasteiger partial charge in [0.15, 0.2) is 9.84 Å². The monoisotopic (exact) mass is 587 g/mol. The zero-order valence-electron chi connectivity index (χ0n) is 21.6. The van der Waals surface area contributed by atoms with Crippen LogP contribution in [0.2, 0.25) is 0 Å². The standard InChI is InChI=1S/C23H33F3N2O3S.C2HF3O2/c1-22(2,32(30,31)19-10-6-9-18(15-19)23(24,25)26)17-11-13-28(14-12-17)21(29)20(27)16-7-4-3-5-8-16;3-2(4,5)1(6)7/h6,9-10,15-17,20H,3-5,7-8,11-14,27H2,1-2H3;(H,6,7)/p-1. The lowest BCUT2D eigenvalue weighted by atomic mass is 9.82. The van der Waals surface area contributed by atoms with Gasteiger partial charge in [0.1, 0.15) is 5.97 Å². The Balaban J connectivity index is 0.000000673. The van der Waals surface area contributed by atoms with E-state index >= 15 is 0 Å². The minimum Gasteiger partial charge on any atom is -0.542 e. The highest BCUT2D eigenvalue weighted by atomic mass is 32.2. The van der Waals surface area contributed by atoms with Crippen LogP contribution < -0.4 is 10.8 Å². The Morgan fingerprint density at radius 1 is 0.974 bits per heavy atom. The summed E-state index contributed by atoms with van der Waals surface area (Å²) in [7, 11) is -4.02. The number of likely N-dealkylation sites (tertiary alicyclic amines) is 1. The van der Waals surface area contributed by atoms with Gasteiger partial charge in [-0.05, 0) is 69.6 Å². The smallest absolute Gasteiger partial charge is 0.430 e. The number of benzene rings is 1. The lowest BCUT2D eigenvalue weighted by Crippen LogP contribution is -2.53. The van der Waals surface area contributed by atoms with Crippen LogP contribution in [0.4, 0.5) is 26.3 Å². The lowest BCUT2D eigenvalue weighted by molar-refractivity contribution is -0.344. The number of halogens is 6. The largest absolute Gasteiger partial charge is 0.542 e. The van der Waals surface area contributed by atoms with E-state index in [9.17, 15) is 39.6 Å². The molecular weight excluding hydrogens is 554 g/mol. The van der Waals surface area contributed by atoms with Gasteiger partial charge in [-0.3, -0.25) is 4.79 Å². The van der Waals surface area contributed by atoms with Crippen LogP contribution in [0.5, 0.6) is 0 Å². The summed E-state index contributed by atoms with van der Waals surface area (Å²) in [5, 5.41) is 8.78. The number of hydrogen-bond donors (Lipinski definition) is 1.